The second kappa shape index (κ2) is 2.71. The maximum absolute atomic E-state index is 5.22. The Morgan fingerprint density at radius 3 is 2.64 bits per heavy atom. The number of ether oxygens (including phenoxy) is 1. The quantitative estimate of drug-likeness (QED) is 0.613. The minimum Gasteiger partial charge on any atom is -0.378 e. The third-order valence-electron chi connectivity index (χ3n) is 2.81. The summed E-state index contributed by atoms with van der Waals surface area (Å²) in [6.45, 7) is 4.30. The molecule has 0 spiro atoms. The van der Waals surface area contributed by atoms with Crippen molar-refractivity contribution in [3.05, 3.63) is 0 Å². The molecule has 0 N–H and O–H groups in total. The average Bonchev–Trinajstić information content (AvgIpc) is 2.31. The minimum absolute atomic E-state index is 0.331. The fourth-order valence-electron chi connectivity index (χ4n) is 1.89. The van der Waals surface area contributed by atoms with Gasteiger partial charge in [-0.1, -0.05) is 15.9 Å². The molecular weight excluding hydrogens is 206 g/mol. The molecule has 2 aliphatic rings. The van der Waals surface area contributed by atoms with E-state index in [1.807, 2.05) is 0 Å². The third kappa shape index (κ3) is 1.34. The summed E-state index contributed by atoms with van der Waals surface area (Å²) in [5.41, 5.74) is 0. The van der Waals surface area contributed by atoms with E-state index in [1.165, 1.54) is 19.5 Å². The van der Waals surface area contributed by atoms with Crippen molar-refractivity contribution in [1.82, 2.24) is 4.90 Å². The Bertz CT molecular complexity index is 158. The fraction of sp³-hybridized carbons (Fsp3) is 1.00. The lowest BCUT2D eigenvalue weighted by molar-refractivity contribution is -0.0291. The summed E-state index contributed by atoms with van der Waals surface area (Å²) in [6.07, 6.45) is 1.32. The molecule has 3 heteroatoms. The van der Waals surface area contributed by atoms with Crippen molar-refractivity contribution in [1.29, 1.82) is 0 Å². The number of likely N-dealkylation sites (tertiary alicyclic amines) is 1. The summed E-state index contributed by atoms with van der Waals surface area (Å²) in [4.78, 5) is 2.39. The number of hydrogen-bond acceptors (Lipinski definition) is 2. The van der Waals surface area contributed by atoms with E-state index in [0.717, 1.165) is 19.1 Å². The van der Waals surface area contributed by atoms with Gasteiger partial charge in [0.15, 0.2) is 0 Å². The Hall–Kier alpha value is 0.400. The first kappa shape index (κ1) is 8.02. The predicted octanol–water partition coefficient (Wildman–Crippen LogP) is 1.10. The molecule has 0 aromatic carbocycles. The zero-order chi connectivity index (χ0) is 7.90. The standard InChI is InChI=1S/C8H14BrNO/c1-10-3-2-7(4-10)8(9)5-11-6-8/h7H,2-6H2,1H3. The first-order valence-electron chi connectivity index (χ1n) is 4.16. The molecule has 2 aliphatic heterocycles. The molecule has 0 aromatic rings. The van der Waals surface area contributed by atoms with Gasteiger partial charge in [-0.25, -0.2) is 0 Å². The Morgan fingerprint density at radius 2 is 2.27 bits per heavy atom. The zero-order valence-electron chi connectivity index (χ0n) is 6.85. The number of nitrogens with zero attached hydrogens (tertiary/aromatic N) is 1. The number of halogens is 1. The molecule has 0 bridgehead atoms. The molecule has 1 atom stereocenters. The van der Waals surface area contributed by atoms with E-state index in [4.69, 9.17) is 4.74 Å². The van der Waals surface area contributed by atoms with Crippen LogP contribution in [0.25, 0.3) is 0 Å². The van der Waals surface area contributed by atoms with E-state index in [9.17, 15) is 0 Å². The van der Waals surface area contributed by atoms with E-state index in [1.54, 1.807) is 0 Å². The topological polar surface area (TPSA) is 12.5 Å². The highest BCUT2D eigenvalue weighted by molar-refractivity contribution is 9.10. The SMILES string of the molecule is CN1CCC(C2(Br)COC2)C1. The van der Waals surface area contributed by atoms with Crippen molar-refractivity contribution in [3.8, 4) is 0 Å². The van der Waals surface area contributed by atoms with E-state index in [0.29, 0.717) is 4.32 Å². The molecule has 0 saturated carbocycles. The normalized spacial score (nSPS) is 37.1. The van der Waals surface area contributed by atoms with Crippen LogP contribution >= 0.6 is 15.9 Å². The van der Waals surface area contributed by atoms with Gasteiger partial charge in [-0.2, -0.15) is 0 Å². The lowest BCUT2D eigenvalue weighted by Gasteiger charge is -2.40. The summed E-state index contributed by atoms with van der Waals surface area (Å²) in [6, 6.07) is 0. The lowest BCUT2D eigenvalue weighted by Crippen LogP contribution is -2.50. The number of alkyl halides is 1. The highest BCUT2D eigenvalue weighted by Crippen LogP contribution is 2.39. The largest absolute Gasteiger partial charge is 0.378 e. The van der Waals surface area contributed by atoms with Gasteiger partial charge in [0.2, 0.25) is 0 Å². The molecule has 0 amide bonds. The molecule has 2 nitrogen and oxygen atoms in total. The molecule has 2 saturated heterocycles. The van der Waals surface area contributed by atoms with Gasteiger partial charge in [-0.15, -0.1) is 0 Å². The molecule has 0 radical (unpaired) electrons. The minimum atomic E-state index is 0.331. The summed E-state index contributed by atoms with van der Waals surface area (Å²) >= 11 is 3.77. The lowest BCUT2D eigenvalue weighted by atomic mass is 9.90. The van der Waals surface area contributed by atoms with Crippen molar-refractivity contribution in [2.75, 3.05) is 33.4 Å². The van der Waals surface area contributed by atoms with Gasteiger partial charge in [0.1, 0.15) is 0 Å². The maximum atomic E-state index is 5.22. The molecule has 2 fully saturated rings. The highest BCUT2D eigenvalue weighted by atomic mass is 79.9. The highest BCUT2D eigenvalue weighted by Gasteiger charge is 2.45. The van der Waals surface area contributed by atoms with E-state index < -0.39 is 0 Å². The van der Waals surface area contributed by atoms with Crippen LogP contribution in [0.1, 0.15) is 6.42 Å². The number of hydrogen-bond donors (Lipinski definition) is 0. The van der Waals surface area contributed by atoms with Crippen molar-refractivity contribution in [2.24, 2.45) is 5.92 Å². The Balaban J connectivity index is 1.95. The summed E-state index contributed by atoms with van der Waals surface area (Å²) < 4.78 is 5.55. The average molecular weight is 220 g/mol. The zero-order valence-corrected chi connectivity index (χ0v) is 8.43. The summed E-state index contributed by atoms with van der Waals surface area (Å²) in [5.74, 6) is 0.807. The summed E-state index contributed by atoms with van der Waals surface area (Å²) in [5, 5.41) is 0. The van der Waals surface area contributed by atoms with Crippen LogP contribution in [0.5, 0.6) is 0 Å². The Labute approximate surface area is 76.0 Å². The van der Waals surface area contributed by atoms with Gasteiger partial charge in [-0.05, 0) is 25.9 Å². The fourth-order valence-corrected chi connectivity index (χ4v) is 2.59. The maximum Gasteiger partial charge on any atom is 0.0764 e. The first-order valence-corrected chi connectivity index (χ1v) is 4.95. The molecule has 0 aliphatic carbocycles. The summed E-state index contributed by atoms with van der Waals surface area (Å²) in [7, 11) is 2.19. The van der Waals surface area contributed by atoms with Crippen LogP contribution < -0.4 is 0 Å². The van der Waals surface area contributed by atoms with Crippen LogP contribution in [0, 0.1) is 5.92 Å². The van der Waals surface area contributed by atoms with Gasteiger partial charge in [0.05, 0.1) is 17.5 Å². The van der Waals surface area contributed by atoms with Gasteiger partial charge < -0.3 is 9.64 Å². The molecule has 0 aromatic heterocycles. The van der Waals surface area contributed by atoms with Crippen molar-refractivity contribution in [3.63, 3.8) is 0 Å². The Kier molecular flexibility index (Phi) is 1.98. The van der Waals surface area contributed by atoms with Crippen LogP contribution in [0.4, 0.5) is 0 Å². The van der Waals surface area contributed by atoms with Crippen LogP contribution in [0.3, 0.4) is 0 Å². The third-order valence-corrected chi connectivity index (χ3v) is 3.91. The van der Waals surface area contributed by atoms with E-state index in [-0.39, 0.29) is 0 Å². The van der Waals surface area contributed by atoms with E-state index >= 15 is 0 Å². The van der Waals surface area contributed by atoms with Crippen molar-refractivity contribution in [2.45, 2.75) is 10.7 Å². The van der Waals surface area contributed by atoms with Crippen LogP contribution in [0.15, 0.2) is 0 Å². The second-order valence-electron chi connectivity index (χ2n) is 3.78. The molecule has 2 heterocycles. The smallest absolute Gasteiger partial charge is 0.0764 e. The predicted molar refractivity (Wildman–Crippen MR) is 48.1 cm³/mol. The van der Waals surface area contributed by atoms with Gasteiger partial charge in [0, 0.05) is 6.54 Å². The molecule has 1 unspecified atom stereocenters. The van der Waals surface area contributed by atoms with Crippen LogP contribution in [-0.2, 0) is 4.74 Å². The second-order valence-corrected chi connectivity index (χ2v) is 5.35. The molecule has 2 rings (SSSR count). The molecular formula is C8H14BrNO. The molecule has 11 heavy (non-hydrogen) atoms. The van der Waals surface area contributed by atoms with Crippen LogP contribution in [-0.4, -0.2) is 42.6 Å². The van der Waals surface area contributed by atoms with Gasteiger partial charge in [-0.3, -0.25) is 0 Å². The van der Waals surface area contributed by atoms with Gasteiger partial charge in [0.25, 0.3) is 0 Å². The van der Waals surface area contributed by atoms with Crippen molar-refractivity contribution < 1.29 is 4.74 Å². The van der Waals surface area contributed by atoms with Crippen molar-refractivity contribution >= 4 is 15.9 Å². The Morgan fingerprint density at radius 1 is 1.55 bits per heavy atom. The monoisotopic (exact) mass is 219 g/mol. The van der Waals surface area contributed by atoms with Crippen LogP contribution in [0.2, 0.25) is 0 Å². The number of rotatable bonds is 1. The van der Waals surface area contributed by atoms with Gasteiger partial charge >= 0.3 is 0 Å². The van der Waals surface area contributed by atoms with E-state index in [2.05, 4.69) is 27.9 Å². The first-order chi connectivity index (χ1) is 5.21. The molecule has 64 valence electrons.